The summed E-state index contributed by atoms with van der Waals surface area (Å²) in [5, 5.41) is 11.1. The third-order valence-electron chi connectivity index (χ3n) is 4.36. The number of aromatic amines is 1. The minimum Gasteiger partial charge on any atom is -0.496 e. The molecule has 1 aromatic heterocycles. The first kappa shape index (κ1) is 18.0. The molecule has 5 nitrogen and oxygen atoms in total. The first-order chi connectivity index (χ1) is 12.5. The molecule has 2 aromatic carbocycles. The van der Waals surface area contributed by atoms with E-state index in [1.165, 1.54) is 6.92 Å². The van der Waals surface area contributed by atoms with Crippen LogP contribution < -0.4 is 10.1 Å². The zero-order chi connectivity index (χ0) is 18.7. The number of nitrogens with one attached hydrogen (secondary N) is 2. The summed E-state index contributed by atoms with van der Waals surface area (Å²) >= 11 is 6.43. The number of hydrogen-bond acceptors (Lipinski definition) is 4. The van der Waals surface area contributed by atoms with Gasteiger partial charge in [-0.1, -0.05) is 29.8 Å². The largest absolute Gasteiger partial charge is 0.496 e. The molecular formula is C20H20ClN3O2. The van der Waals surface area contributed by atoms with E-state index < -0.39 is 0 Å². The molecule has 1 atom stereocenters. The summed E-state index contributed by atoms with van der Waals surface area (Å²) in [7, 11) is 1.57. The van der Waals surface area contributed by atoms with Gasteiger partial charge in [0.15, 0.2) is 5.78 Å². The van der Waals surface area contributed by atoms with Gasteiger partial charge in [-0.15, -0.1) is 0 Å². The maximum Gasteiger partial charge on any atom is 0.163 e. The van der Waals surface area contributed by atoms with Crippen LogP contribution in [0.3, 0.4) is 0 Å². The highest BCUT2D eigenvalue weighted by molar-refractivity contribution is 6.31. The van der Waals surface area contributed by atoms with Gasteiger partial charge in [-0.25, -0.2) is 0 Å². The molecule has 0 amide bonds. The molecule has 0 spiro atoms. The number of methoxy groups -OCH3 is 1. The smallest absolute Gasteiger partial charge is 0.163 e. The lowest BCUT2D eigenvalue weighted by Crippen LogP contribution is -2.14. The van der Waals surface area contributed by atoms with Gasteiger partial charge in [-0.2, -0.15) is 5.10 Å². The van der Waals surface area contributed by atoms with Crippen LogP contribution in [0, 0.1) is 6.92 Å². The van der Waals surface area contributed by atoms with Gasteiger partial charge in [0.25, 0.3) is 0 Å². The van der Waals surface area contributed by atoms with E-state index >= 15 is 0 Å². The molecule has 6 heteroatoms. The number of ether oxygens (including phenoxy) is 1. The number of carbonyl (C=O) groups excluding carboxylic acids is 1. The van der Waals surface area contributed by atoms with E-state index in [0.717, 1.165) is 22.4 Å². The molecule has 0 saturated carbocycles. The van der Waals surface area contributed by atoms with Crippen molar-refractivity contribution < 1.29 is 9.53 Å². The monoisotopic (exact) mass is 369 g/mol. The quantitative estimate of drug-likeness (QED) is 0.613. The maximum absolute atomic E-state index is 11.8. The second-order valence-electron chi connectivity index (χ2n) is 6.01. The summed E-state index contributed by atoms with van der Waals surface area (Å²) in [6, 6.07) is 11.1. The number of benzene rings is 2. The zero-order valence-electron chi connectivity index (χ0n) is 14.8. The van der Waals surface area contributed by atoms with Crippen LogP contribution in [0.4, 0.5) is 5.69 Å². The van der Waals surface area contributed by atoms with Crippen LogP contribution in [0.2, 0.25) is 5.02 Å². The van der Waals surface area contributed by atoms with Gasteiger partial charge in [-0.05, 0) is 37.6 Å². The minimum atomic E-state index is -0.200. The van der Waals surface area contributed by atoms with Crippen molar-refractivity contribution in [1.29, 1.82) is 0 Å². The average Bonchev–Trinajstić information content (AvgIpc) is 3.15. The molecule has 0 aliphatic rings. The van der Waals surface area contributed by atoms with Crippen LogP contribution in [0.15, 0.2) is 48.8 Å². The van der Waals surface area contributed by atoms with E-state index in [0.29, 0.717) is 16.3 Å². The molecule has 0 aliphatic heterocycles. The standard InChI is InChI=1S/C20H20ClN3O2/c1-12-18(9-8-15(13(2)25)20(12)26-3)24-19(14-10-22-23-11-14)16-6-4-5-7-17(16)21/h4-11,19,24H,1-3H3,(H,22,23). The van der Waals surface area contributed by atoms with E-state index in [4.69, 9.17) is 16.3 Å². The number of hydrogen-bond donors (Lipinski definition) is 2. The highest BCUT2D eigenvalue weighted by Gasteiger charge is 2.21. The number of ketones is 1. The predicted octanol–water partition coefficient (Wildman–Crippen LogP) is 4.78. The third kappa shape index (κ3) is 3.44. The SMILES string of the molecule is COc1c(C(C)=O)ccc(NC(c2cn[nH]c2)c2ccccc2Cl)c1C. The van der Waals surface area contributed by atoms with Gasteiger partial charge in [-0.3, -0.25) is 9.89 Å². The first-order valence-electron chi connectivity index (χ1n) is 8.21. The van der Waals surface area contributed by atoms with Crippen molar-refractivity contribution in [3.05, 3.63) is 76.1 Å². The first-order valence-corrected chi connectivity index (χ1v) is 8.59. The summed E-state index contributed by atoms with van der Waals surface area (Å²) in [5.41, 5.74) is 4.17. The summed E-state index contributed by atoms with van der Waals surface area (Å²) in [5.74, 6) is 0.543. The van der Waals surface area contributed by atoms with E-state index in [1.54, 1.807) is 19.4 Å². The molecule has 0 radical (unpaired) electrons. The summed E-state index contributed by atoms with van der Waals surface area (Å²) < 4.78 is 5.47. The molecule has 3 aromatic rings. The lowest BCUT2D eigenvalue weighted by molar-refractivity contribution is 0.101. The Bertz CT molecular complexity index is 923. The average molecular weight is 370 g/mol. The normalized spacial score (nSPS) is 11.8. The molecule has 2 N–H and O–H groups in total. The van der Waals surface area contributed by atoms with Crippen molar-refractivity contribution in [2.24, 2.45) is 0 Å². The molecular weight excluding hydrogens is 350 g/mol. The topological polar surface area (TPSA) is 67.0 Å². The Morgan fingerprint density at radius 3 is 2.65 bits per heavy atom. The van der Waals surface area contributed by atoms with Crippen molar-refractivity contribution in [2.75, 3.05) is 12.4 Å². The highest BCUT2D eigenvalue weighted by atomic mass is 35.5. The van der Waals surface area contributed by atoms with Crippen molar-refractivity contribution in [2.45, 2.75) is 19.9 Å². The van der Waals surface area contributed by atoms with Crippen LogP contribution in [0.5, 0.6) is 5.75 Å². The molecule has 134 valence electrons. The third-order valence-corrected chi connectivity index (χ3v) is 4.70. The van der Waals surface area contributed by atoms with Crippen LogP contribution >= 0.6 is 11.6 Å². The van der Waals surface area contributed by atoms with Gasteiger partial charge < -0.3 is 10.1 Å². The Balaban J connectivity index is 2.06. The van der Waals surface area contributed by atoms with Crippen molar-refractivity contribution >= 4 is 23.1 Å². The Kier molecular flexibility index (Phi) is 5.28. The summed E-state index contributed by atoms with van der Waals surface area (Å²) in [6.45, 7) is 3.45. The molecule has 1 unspecified atom stereocenters. The summed E-state index contributed by atoms with van der Waals surface area (Å²) in [6.07, 6.45) is 3.59. The van der Waals surface area contributed by atoms with E-state index in [1.807, 2.05) is 43.5 Å². The number of nitrogens with zero attached hydrogens (tertiary/aromatic N) is 1. The van der Waals surface area contributed by atoms with Crippen LogP contribution in [0.25, 0.3) is 0 Å². The second kappa shape index (κ2) is 7.62. The van der Waals surface area contributed by atoms with Crippen molar-refractivity contribution in [3.63, 3.8) is 0 Å². The van der Waals surface area contributed by atoms with Gasteiger partial charge >= 0.3 is 0 Å². The lowest BCUT2D eigenvalue weighted by Gasteiger charge is -2.23. The number of rotatable bonds is 6. The van der Waals surface area contributed by atoms with Crippen LogP contribution in [-0.4, -0.2) is 23.1 Å². The van der Waals surface area contributed by atoms with Gasteiger partial charge in [0.05, 0.1) is 24.9 Å². The summed E-state index contributed by atoms with van der Waals surface area (Å²) in [4.78, 5) is 11.8. The fourth-order valence-electron chi connectivity index (χ4n) is 3.01. The Morgan fingerprint density at radius 1 is 1.27 bits per heavy atom. The molecule has 0 fully saturated rings. The fourth-order valence-corrected chi connectivity index (χ4v) is 3.26. The van der Waals surface area contributed by atoms with E-state index in [-0.39, 0.29) is 11.8 Å². The molecule has 0 aliphatic carbocycles. The Morgan fingerprint density at radius 2 is 2.04 bits per heavy atom. The van der Waals surface area contributed by atoms with E-state index in [9.17, 15) is 4.79 Å². The van der Waals surface area contributed by atoms with Gasteiger partial charge in [0.2, 0.25) is 0 Å². The number of aromatic nitrogens is 2. The Labute approximate surface area is 157 Å². The van der Waals surface area contributed by atoms with Crippen LogP contribution in [-0.2, 0) is 0 Å². The van der Waals surface area contributed by atoms with Crippen molar-refractivity contribution in [3.8, 4) is 5.75 Å². The lowest BCUT2D eigenvalue weighted by atomic mass is 9.99. The number of anilines is 1. The molecule has 0 saturated heterocycles. The van der Waals surface area contributed by atoms with Crippen LogP contribution in [0.1, 0.15) is 40.0 Å². The zero-order valence-corrected chi connectivity index (χ0v) is 15.6. The Hall–Kier alpha value is -2.79. The minimum absolute atomic E-state index is 0.0333. The van der Waals surface area contributed by atoms with E-state index in [2.05, 4.69) is 15.5 Å². The predicted molar refractivity (Wildman–Crippen MR) is 103 cm³/mol. The second-order valence-corrected chi connectivity index (χ2v) is 6.41. The highest BCUT2D eigenvalue weighted by Crippen LogP contribution is 2.35. The molecule has 0 bridgehead atoms. The molecule has 3 rings (SSSR count). The number of halogens is 1. The fraction of sp³-hybridized carbons (Fsp3) is 0.200. The number of Topliss-reactive ketones (excluding diaryl/α,β-unsaturated/α-hetero) is 1. The van der Waals surface area contributed by atoms with Gasteiger partial charge in [0.1, 0.15) is 5.75 Å². The van der Waals surface area contributed by atoms with Crippen molar-refractivity contribution in [1.82, 2.24) is 10.2 Å². The molecule has 1 heterocycles. The van der Waals surface area contributed by atoms with Gasteiger partial charge in [0, 0.05) is 28.0 Å². The number of carbonyl (C=O) groups is 1. The number of H-pyrrole nitrogens is 1. The maximum atomic E-state index is 11.8. The molecule has 26 heavy (non-hydrogen) atoms.